The van der Waals surface area contributed by atoms with Gasteiger partial charge in [-0.2, -0.15) is 0 Å². The van der Waals surface area contributed by atoms with Crippen molar-refractivity contribution in [1.82, 2.24) is 16.0 Å². The highest BCUT2D eigenvalue weighted by molar-refractivity contribution is 6.02. The van der Waals surface area contributed by atoms with Crippen LogP contribution < -0.4 is 26.2 Å². The number of fused-ring (bicyclic) bond motifs is 1. The van der Waals surface area contributed by atoms with Crippen molar-refractivity contribution in [3.05, 3.63) is 36.4 Å². The third-order valence-corrected chi connectivity index (χ3v) is 6.19. The second kappa shape index (κ2) is 12.5. The van der Waals surface area contributed by atoms with E-state index in [9.17, 15) is 19.5 Å². The Kier molecular flexibility index (Phi) is 9.41. The lowest BCUT2D eigenvalue weighted by molar-refractivity contribution is -0.138. The highest BCUT2D eigenvalue weighted by atomic mass is 16.4. The van der Waals surface area contributed by atoms with Gasteiger partial charge in [0.15, 0.2) is 0 Å². The fourth-order valence-corrected chi connectivity index (χ4v) is 4.32. The second-order valence-corrected chi connectivity index (χ2v) is 9.06. The lowest BCUT2D eigenvalue weighted by Crippen LogP contribution is -2.54. The van der Waals surface area contributed by atoms with Gasteiger partial charge in [0, 0.05) is 61.8 Å². The normalized spacial score (nSPS) is 22.1. The smallest absolute Gasteiger partial charge is 0.305 e. The topological polar surface area (TPSA) is 143 Å². The molecule has 1 aliphatic rings. The third kappa shape index (κ3) is 7.38. The van der Waals surface area contributed by atoms with Crippen LogP contribution in [0.15, 0.2) is 36.4 Å². The number of carbonyl (C=O) groups excluding carboxylic acids is 2. The highest BCUT2D eigenvalue weighted by Crippen LogP contribution is 2.32. The third-order valence-electron chi connectivity index (χ3n) is 6.19. The summed E-state index contributed by atoms with van der Waals surface area (Å²) in [5.41, 5.74) is 1.93. The minimum Gasteiger partial charge on any atom is -0.481 e. The zero-order valence-corrected chi connectivity index (χ0v) is 20.2. The van der Waals surface area contributed by atoms with Crippen LogP contribution in [0.25, 0.3) is 10.8 Å². The van der Waals surface area contributed by atoms with E-state index in [2.05, 4.69) is 21.3 Å². The Labute approximate surface area is 205 Å². The van der Waals surface area contributed by atoms with E-state index >= 15 is 0 Å². The van der Waals surface area contributed by atoms with E-state index in [0.29, 0.717) is 25.7 Å². The number of carbonyl (C=O) groups is 3. The standard InChI is InChI=1S/C25H35N5O5/c1-30(2)22-9-7-20(18-5-3-4-6-19(18)22)29-21-8-10-23(32)26-12-11-16(28-25(21)35)14-27-17(15-31)13-24(33)34/h3-7,9,15-17,21,25,27-29,35H,8,10-14H2,1-2H3,(H,26,32)(H,33,34)/t16-,17-,21?,25?/m0/s1. The number of nitrogens with zero attached hydrogens (tertiary/aromatic N) is 1. The summed E-state index contributed by atoms with van der Waals surface area (Å²) < 4.78 is 0. The van der Waals surface area contributed by atoms with Crippen LogP contribution in [0.4, 0.5) is 11.4 Å². The Morgan fingerprint density at radius 2 is 1.94 bits per heavy atom. The minimum atomic E-state index is -1.07. The van der Waals surface area contributed by atoms with Gasteiger partial charge in [0.1, 0.15) is 12.5 Å². The van der Waals surface area contributed by atoms with Crippen LogP contribution in [0.2, 0.25) is 0 Å². The zero-order chi connectivity index (χ0) is 25.4. The molecular weight excluding hydrogens is 450 g/mol. The van der Waals surface area contributed by atoms with Gasteiger partial charge in [-0.3, -0.25) is 14.9 Å². The van der Waals surface area contributed by atoms with Gasteiger partial charge in [0.05, 0.1) is 18.5 Å². The number of carboxylic acid groups (broad SMARTS) is 1. The first-order valence-corrected chi connectivity index (χ1v) is 11.9. The molecule has 2 aromatic rings. The van der Waals surface area contributed by atoms with E-state index in [1.807, 2.05) is 55.4 Å². The molecular formula is C25H35N5O5. The number of benzene rings is 2. The van der Waals surface area contributed by atoms with Crippen LogP contribution in [0.5, 0.6) is 0 Å². The SMILES string of the molecule is CN(C)c1ccc(NC2CCC(=O)NCC[C@@H](CN[C@H](C=O)CC(=O)O)NC2O)c2ccccc12. The zero-order valence-electron chi connectivity index (χ0n) is 20.2. The number of rotatable bonds is 9. The Morgan fingerprint density at radius 1 is 1.20 bits per heavy atom. The van der Waals surface area contributed by atoms with Crippen LogP contribution in [-0.4, -0.2) is 79.9 Å². The van der Waals surface area contributed by atoms with Gasteiger partial charge in [-0.25, -0.2) is 0 Å². The number of nitrogens with one attached hydrogen (secondary N) is 4. The molecule has 1 saturated heterocycles. The molecule has 0 spiro atoms. The molecule has 3 rings (SSSR count). The Bertz CT molecular complexity index is 1030. The van der Waals surface area contributed by atoms with E-state index < -0.39 is 24.3 Å². The largest absolute Gasteiger partial charge is 0.481 e. The van der Waals surface area contributed by atoms with Crippen LogP contribution in [0.1, 0.15) is 25.7 Å². The number of aliphatic carboxylic acids is 1. The van der Waals surface area contributed by atoms with Gasteiger partial charge < -0.3 is 35.9 Å². The molecule has 2 unspecified atom stereocenters. The van der Waals surface area contributed by atoms with E-state index in [1.54, 1.807) is 0 Å². The fourth-order valence-electron chi connectivity index (χ4n) is 4.32. The Balaban J connectivity index is 1.78. The summed E-state index contributed by atoms with van der Waals surface area (Å²) in [5, 5.41) is 34.6. The molecule has 2 aromatic carbocycles. The molecule has 1 fully saturated rings. The van der Waals surface area contributed by atoms with Gasteiger partial charge in [-0.15, -0.1) is 0 Å². The maximum absolute atomic E-state index is 12.3. The summed E-state index contributed by atoms with van der Waals surface area (Å²) in [6, 6.07) is 10.4. The average Bonchev–Trinajstić information content (AvgIpc) is 2.83. The predicted octanol–water partition coefficient (Wildman–Crippen LogP) is 0.895. The number of amides is 1. The maximum atomic E-state index is 12.3. The molecule has 1 aliphatic heterocycles. The average molecular weight is 486 g/mol. The summed E-state index contributed by atoms with van der Waals surface area (Å²) in [4.78, 5) is 36.5. The van der Waals surface area contributed by atoms with E-state index in [4.69, 9.17) is 5.11 Å². The van der Waals surface area contributed by atoms with Crippen molar-refractivity contribution in [2.24, 2.45) is 0 Å². The molecule has 1 amide bonds. The van der Waals surface area contributed by atoms with Gasteiger partial charge in [0.25, 0.3) is 0 Å². The van der Waals surface area contributed by atoms with Gasteiger partial charge in [-0.1, -0.05) is 24.3 Å². The molecule has 1 heterocycles. The quantitative estimate of drug-likeness (QED) is 0.286. The number of hydrogen-bond donors (Lipinski definition) is 6. The maximum Gasteiger partial charge on any atom is 0.305 e. The Morgan fingerprint density at radius 3 is 2.63 bits per heavy atom. The van der Waals surface area contributed by atoms with Crippen LogP contribution in [-0.2, 0) is 14.4 Å². The van der Waals surface area contributed by atoms with Crippen molar-refractivity contribution < 1.29 is 24.6 Å². The molecule has 10 heteroatoms. The molecule has 10 nitrogen and oxygen atoms in total. The monoisotopic (exact) mass is 485 g/mol. The minimum absolute atomic E-state index is 0.0953. The highest BCUT2D eigenvalue weighted by Gasteiger charge is 2.26. The van der Waals surface area contributed by atoms with Crippen molar-refractivity contribution in [2.75, 3.05) is 37.4 Å². The van der Waals surface area contributed by atoms with Gasteiger partial charge in [0.2, 0.25) is 5.91 Å². The first-order valence-electron chi connectivity index (χ1n) is 11.9. The lowest BCUT2D eigenvalue weighted by atomic mass is 10.0. The number of carboxylic acids is 1. The lowest BCUT2D eigenvalue weighted by Gasteiger charge is -2.32. The Hall–Kier alpha value is -3.21. The summed E-state index contributed by atoms with van der Waals surface area (Å²) in [6.45, 7) is 0.668. The van der Waals surface area contributed by atoms with Crippen LogP contribution in [0.3, 0.4) is 0 Å². The second-order valence-electron chi connectivity index (χ2n) is 9.06. The first-order chi connectivity index (χ1) is 16.8. The molecule has 0 aromatic heterocycles. The van der Waals surface area contributed by atoms with Crippen molar-refractivity contribution >= 4 is 40.3 Å². The summed E-state index contributed by atoms with van der Waals surface area (Å²) >= 11 is 0. The fraction of sp³-hybridized carbons (Fsp3) is 0.480. The molecule has 0 bridgehead atoms. The molecule has 190 valence electrons. The number of anilines is 2. The van der Waals surface area contributed by atoms with Crippen LogP contribution >= 0.6 is 0 Å². The summed E-state index contributed by atoms with van der Waals surface area (Å²) in [6.07, 6.45) is 0.435. The van der Waals surface area contributed by atoms with E-state index in [-0.39, 0.29) is 31.3 Å². The van der Waals surface area contributed by atoms with Crippen molar-refractivity contribution in [3.8, 4) is 0 Å². The number of aldehydes is 1. The molecule has 0 radical (unpaired) electrons. The van der Waals surface area contributed by atoms with Gasteiger partial charge in [-0.05, 0) is 25.0 Å². The van der Waals surface area contributed by atoms with E-state index in [1.165, 1.54) is 0 Å². The van der Waals surface area contributed by atoms with Crippen molar-refractivity contribution in [1.29, 1.82) is 0 Å². The number of aliphatic hydroxyl groups is 1. The molecule has 0 saturated carbocycles. The molecule has 35 heavy (non-hydrogen) atoms. The molecule has 0 aliphatic carbocycles. The molecule has 4 atom stereocenters. The van der Waals surface area contributed by atoms with Gasteiger partial charge >= 0.3 is 5.97 Å². The molecule has 6 N–H and O–H groups in total. The summed E-state index contributed by atoms with van der Waals surface area (Å²) in [5.74, 6) is -1.17. The van der Waals surface area contributed by atoms with E-state index in [0.717, 1.165) is 22.1 Å². The van der Waals surface area contributed by atoms with Crippen molar-refractivity contribution in [2.45, 2.75) is 50.0 Å². The summed E-state index contributed by atoms with van der Waals surface area (Å²) in [7, 11) is 3.98. The predicted molar refractivity (Wildman–Crippen MR) is 136 cm³/mol. The van der Waals surface area contributed by atoms with Crippen LogP contribution in [0, 0.1) is 0 Å². The number of hydrogen-bond acceptors (Lipinski definition) is 8. The first kappa shape index (κ1) is 26.4. The number of aliphatic hydroxyl groups excluding tert-OH is 1. The van der Waals surface area contributed by atoms with Crippen molar-refractivity contribution in [3.63, 3.8) is 0 Å².